The lowest BCUT2D eigenvalue weighted by Gasteiger charge is -2.47. The average Bonchev–Trinajstić information content (AvgIpc) is 3.13. The average molecular weight is 433 g/mol. The van der Waals surface area contributed by atoms with Gasteiger partial charge >= 0.3 is 5.97 Å². The van der Waals surface area contributed by atoms with Crippen molar-refractivity contribution in [2.24, 2.45) is 17.8 Å². The molecule has 3 N–H and O–H groups in total. The molecule has 0 aromatic carbocycles. The number of fused-ring (bicyclic) bond motifs is 4. The number of halogens is 3. The van der Waals surface area contributed by atoms with Crippen LogP contribution in [-0.2, 0) is 4.79 Å². The molecule has 3 fully saturated rings. The fourth-order valence-corrected chi connectivity index (χ4v) is 5.26. The molecule has 0 saturated heterocycles. The number of carboxylic acid groups (broad SMARTS) is 1. The lowest BCUT2D eigenvalue weighted by atomic mass is 9.61. The number of aliphatic carboxylic acids is 1. The predicted molar refractivity (Wildman–Crippen MR) is 108 cm³/mol. The van der Waals surface area contributed by atoms with Crippen molar-refractivity contribution in [3.8, 4) is 11.3 Å². The largest absolute Gasteiger partial charge is 0.481 e. The Morgan fingerprint density at radius 3 is 2.63 bits per heavy atom. The van der Waals surface area contributed by atoms with Crippen LogP contribution in [0, 0.1) is 29.4 Å². The Hall–Kier alpha value is -2.74. The molecule has 2 atom stereocenters. The van der Waals surface area contributed by atoms with Crippen LogP contribution in [-0.4, -0.2) is 32.1 Å². The van der Waals surface area contributed by atoms with Gasteiger partial charge in [-0.05, 0) is 43.6 Å². The summed E-state index contributed by atoms with van der Waals surface area (Å²) in [6, 6.07) is 1.97. The molecule has 30 heavy (non-hydrogen) atoms. The fraction of sp³-hybridized carbons (Fsp3) is 0.381. The Balaban J connectivity index is 1.55. The van der Waals surface area contributed by atoms with Gasteiger partial charge in [-0.15, -0.1) is 0 Å². The predicted octanol–water partition coefficient (Wildman–Crippen LogP) is 4.86. The quantitative estimate of drug-likeness (QED) is 0.547. The van der Waals surface area contributed by atoms with Crippen molar-refractivity contribution < 1.29 is 18.7 Å². The number of H-pyrrole nitrogens is 1. The number of pyridine rings is 2. The lowest BCUT2D eigenvalue weighted by Crippen LogP contribution is -2.51. The Bertz CT molecular complexity index is 1140. The third-order valence-electron chi connectivity index (χ3n) is 6.49. The standard InChI is InChI=1S/C21H19ClF2N4O2/c22-11-5-12-13(8-26-19(12)25-7-11)18-14(23)6-15(24)20(28-18)27-17-10-3-1-9(2-4-10)16(17)21(29)30/h5-10,16-17H,1-4H2,(H,25,26)(H,27,28)(H,29,30)/t9?,10?,16-,17-/m0/s1. The van der Waals surface area contributed by atoms with Crippen molar-refractivity contribution in [3.63, 3.8) is 0 Å². The number of anilines is 1. The number of rotatable bonds is 4. The summed E-state index contributed by atoms with van der Waals surface area (Å²) in [5.74, 6) is -3.11. The van der Waals surface area contributed by atoms with Crippen LogP contribution < -0.4 is 5.32 Å². The first-order chi connectivity index (χ1) is 14.4. The van der Waals surface area contributed by atoms with E-state index in [1.807, 2.05) is 0 Å². The molecule has 0 spiro atoms. The summed E-state index contributed by atoms with van der Waals surface area (Å²) >= 11 is 6.02. The number of aromatic amines is 1. The molecule has 6 rings (SSSR count). The Kier molecular flexibility index (Phi) is 4.61. The molecule has 2 bridgehead atoms. The van der Waals surface area contributed by atoms with Crippen LogP contribution >= 0.6 is 11.6 Å². The van der Waals surface area contributed by atoms with Crippen molar-refractivity contribution >= 4 is 34.4 Å². The molecule has 3 aromatic heterocycles. The number of aromatic nitrogens is 3. The van der Waals surface area contributed by atoms with Crippen molar-refractivity contribution in [2.75, 3.05) is 5.32 Å². The minimum atomic E-state index is -0.887. The molecule has 0 unspecified atom stereocenters. The van der Waals surface area contributed by atoms with Crippen molar-refractivity contribution in [1.29, 1.82) is 0 Å². The third kappa shape index (κ3) is 3.10. The summed E-state index contributed by atoms with van der Waals surface area (Å²) in [6.45, 7) is 0. The maximum atomic E-state index is 14.7. The van der Waals surface area contributed by atoms with Crippen LogP contribution in [0.2, 0.25) is 5.02 Å². The smallest absolute Gasteiger partial charge is 0.308 e. The first kappa shape index (κ1) is 19.2. The van der Waals surface area contributed by atoms with Crippen LogP contribution in [0.25, 0.3) is 22.3 Å². The highest BCUT2D eigenvalue weighted by molar-refractivity contribution is 6.31. The Labute approximate surface area is 175 Å². The van der Waals surface area contributed by atoms with E-state index in [-0.39, 0.29) is 23.3 Å². The summed E-state index contributed by atoms with van der Waals surface area (Å²) in [5.41, 5.74) is 0.854. The summed E-state index contributed by atoms with van der Waals surface area (Å²) in [4.78, 5) is 23.2. The minimum absolute atomic E-state index is 0.0536. The van der Waals surface area contributed by atoms with Gasteiger partial charge in [0.2, 0.25) is 0 Å². The zero-order valence-corrected chi connectivity index (χ0v) is 16.6. The molecule has 3 heterocycles. The number of nitrogens with zero attached hydrogens (tertiary/aromatic N) is 2. The van der Waals surface area contributed by atoms with Gasteiger partial charge in [-0.25, -0.2) is 18.7 Å². The van der Waals surface area contributed by atoms with Crippen LogP contribution in [0.3, 0.4) is 0 Å². The molecule has 6 nitrogen and oxygen atoms in total. The molecule has 156 valence electrons. The molecule has 3 saturated carbocycles. The van der Waals surface area contributed by atoms with Gasteiger partial charge < -0.3 is 15.4 Å². The van der Waals surface area contributed by atoms with E-state index >= 15 is 0 Å². The van der Waals surface area contributed by atoms with Gasteiger partial charge in [0.1, 0.15) is 11.3 Å². The second-order valence-electron chi connectivity index (χ2n) is 8.11. The highest BCUT2D eigenvalue weighted by Crippen LogP contribution is 2.46. The minimum Gasteiger partial charge on any atom is -0.481 e. The van der Waals surface area contributed by atoms with Gasteiger partial charge in [0, 0.05) is 35.5 Å². The van der Waals surface area contributed by atoms with E-state index in [1.54, 1.807) is 12.3 Å². The highest BCUT2D eigenvalue weighted by Gasteiger charge is 2.47. The molecule has 0 aliphatic heterocycles. The number of nitrogens with one attached hydrogen (secondary N) is 2. The first-order valence-electron chi connectivity index (χ1n) is 9.90. The monoisotopic (exact) mass is 432 g/mol. The summed E-state index contributed by atoms with van der Waals surface area (Å²) in [7, 11) is 0. The summed E-state index contributed by atoms with van der Waals surface area (Å²) in [6.07, 6.45) is 6.54. The SMILES string of the molecule is O=C(O)[C@H]1C2CCC(CC2)[C@@H]1Nc1nc(-c2c[nH]c3ncc(Cl)cc23)c(F)cc1F. The van der Waals surface area contributed by atoms with E-state index in [2.05, 4.69) is 20.3 Å². The van der Waals surface area contributed by atoms with E-state index in [1.165, 1.54) is 6.20 Å². The molecular formula is C21H19ClF2N4O2. The fourth-order valence-electron chi connectivity index (χ4n) is 5.10. The summed E-state index contributed by atoms with van der Waals surface area (Å²) < 4.78 is 29.3. The van der Waals surface area contributed by atoms with E-state index in [0.29, 0.717) is 21.6 Å². The van der Waals surface area contributed by atoms with Gasteiger partial charge in [0.25, 0.3) is 0 Å². The third-order valence-corrected chi connectivity index (χ3v) is 6.70. The molecule has 3 aliphatic rings. The second-order valence-corrected chi connectivity index (χ2v) is 8.55. The maximum absolute atomic E-state index is 14.7. The molecule has 0 radical (unpaired) electrons. The van der Waals surface area contributed by atoms with Gasteiger partial charge in [0.05, 0.1) is 10.9 Å². The molecule has 9 heteroatoms. The number of carbonyl (C=O) groups is 1. The molecule has 0 amide bonds. The van der Waals surface area contributed by atoms with Crippen LogP contribution in [0.4, 0.5) is 14.6 Å². The first-order valence-corrected chi connectivity index (χ1v) is 10.3. The number of hydrogen-bond acceptors (Lipinski definition) is 4. The molecular weight excluding hydrogens is 414 g/mol. The van der Waals surface area contributed by atoms with E-state index in [9.17, 15) is 18.7 Å². The zero-order chi connectivity index (χ0) is 21.0. The molecule has 3 aliphatic carbocycles. The highest BCUT2D eigenvalue weighted by atomic mass is 35.5. The summed E-state index contributed by atoms with van der Waals surface area (Å²) in [5, 5.41) is 13.7. The lowest BCUT2D eigenvalue weighted by molar-refractivity contribution is -0.148. The van der Waals surface area contributed by atoms with E-state index in [4.69, 9.17) is 11.6 Å². The number of carboxylic acids is 1. The normalized spacial score (nSPS) is 25.6. The topological polar surface area (TPSA) is 90.9 Å². The Morgan fingerprint density at radius 1 is 1.17 bits per heavy atom. The van der Waals surface area contributed by atoms with Crippen LogP contribution in [0.15, 0.2) is 24.5 Å². The van der Waals surface area contributed by atoms with Crippen LogP contribution in [0.5, 0.6) is 0 Å². The van der Waals surface area contributed by atoms with Gasteiger partial charge in [0.15, 0.2) is 17.5 Å². The van der Waals surface area contributed by atoms with Crippen LogP contribution in [0.1, 0.15) is 25.7 Å². The van der Waals surface area contributed by atoms with E-state index < -0.39 is 29.6 Å². The Morgan fingerprint density at radius 2 is 1.90 bits per heavy atom. The van der Waals surface area contributed by atoms with Gasteiger partial charge in [-0.3, -0.25) is 4.79 Å². The van der Waals surface area contributed by atoms with E-state index in [0.717, 1.165) is 31.7 Å². The second kappa shape index (κ2) is 7.19. The van der Waals surface area contributed by atoms with Crippen molar-refractivity contribution in [2.45, 2.75) is 31.7 Å². The number of hydrogen-bond donors (Lipinski definition) is 3. The van der Waals surface area contributed by atoms with Gasteiger partial charge in [-0.1, -0.05) is 11.6 Å². The van der Waals surface area contributed by atoms with Crippen molar-refractivity contribution in [1.82, 2.24) is 15.0 Å². The van der Waals surface area contributed by atoms with Crippen molar-refractivity contribution in [3.05, 3.63) is 41.2 Å². The zero-order valence-electron chi connectivity index (χ0n) is 15.8. The van der Waals surface area contributed by atoms with Gasteiger partial charge in [-0.2, -0.15) is 0 Å². The molecule has 3 aromatic rings. The maximum Gasteiger partial charge on any atom is 0.308 e.